The molecule has 4 aromatic rings. The van der Waals surface area contributed by atoms with Gasteiger partial charge >= 0.3 is 6.18 Å². The lowest BCUT2D eigenvalue weighted by Gasteiger charge is -2.28. The minimum absolute atomic E-state index is 0.0671. The van der Waals surface area contributed by atoms with Crippen LogP contribution in [0.4, 0.5) is 28.4 Å². The summed E-state index contributed by atoms with van der Waals surface area (Å²) >= 11 is 1.21. The number of rotatable bonds is 7. The fourth-order valence-corrected chi connectivity index (χ4v) is 4.41. The van der Waals surface area contributed by atoms with Crippen LogP contribution < -0.4 is 5.32 Å². The first-order valence-electron chi connectivity index (χ1n) is 10.8. The molecule has 1 aromatic carbocycles. The molecule has 0 aliphatic heterocycles. The highest BCUT2D eigenvalue weighted by atomic mass is 32.1. The molecule has 1 N–H and O–H groups in total. The normalized spacial score (nSPS) is 13.3. The molecule has 3 aromatic heterocycles. The van der Waals surface area contributed by atoms with E-state index in [9.17, 15) is 22.4 Å². The number of benzene rings is 1. The van der Waals surface area contributed by atoms with E-state index in [1.807, 2.05) is 18.5 Å². The minimum atomic E-state index is -4.49. The van der Waals surface area contributed by atoms with Gasteiger partial charge in [0.1, 0.15) is 17.0 Å². The molecule has 0 bridgehead atoms. The molecular weight excluding hydrogens is 482 g/mol. The lowest BCUT2D eigenvalue weighted by molar-refractivity contribution is -0.180. The summed E-state index contributed by atoms with van der Waals surface area (Å²) in [6.45, 7) is 3.96. The average molecular weight is 506 g/mol. The Morgan fingerprint density at radius 3 is 2.60 bits per heavy atom. The number of anilines is 2. The van der Waals surface area contributed by atoms with Gasteiger partial charge in [-0.1, -0.05) is 13.0 Å². The summed E-state index contributed by atoms with van der Waals surface area (Å²) in [6, 6.07) is 4.99. The number of nitrogens with zero attached hydrogens (tertiary/aromatic N) is 4. The van der Waals surface area contributed by atoms with Gasteiger partial charge in [-0.05, 0) is 43.5 Å². The molecule has 1 atom stereocenters. The zero-order valence-electron chi connectivity index (χ0n) is 19.4. The molecule has 0 aliphatic rings. The van der Waals surface area contributed by atoms with Crippen molar-refractivity contribution in [2.75, 3.05) is 5.32 Å². The quantitative estimate of drug-likeness (QED) is 0.229. The van der Waals surface area contributed by atoms with Crippen LogP contribution in [0, 0.1) is 5.82 Å². The van der Waals surface area contributed by atoms with Crippen molar-refractivity contribution < 1.29 is 22.4 Å². The summed E-state index contributed by atoms with van der Waals surface area (Å²) in [6.07, 6.45) is 0.475. The number of halogens is 4. The number of aromatic nitrogens is 4. The number of carbonyl (C=O) groups excluding carboxylic acids is 1. The number of ketones is 1. The van der Waals surface area contributed by atoms with Gasteiger partial charge in [-0.25, -0.2) is 14.4 Å². The van der Waals surface area contributed by atoms with Crippen LogP contribution >= 0.6 is 11.3 Å². The van der Waals surface area contributed by atoms with E-state index < -0.39 is 17.4 Å². The predicted octanol–water partition coefficient (Wildman–Crippen LogP) is 6.52. The second-order valence-corrected chi connectivity index (χ2v) is 10.0. The largest absolute Gasteiger partial charge is 0.397 e. The van der Waals surface area contributed by atoms with Gasteiger partial charge < -0.3 is 9.88 Å². The van der Waals surface area contributed by atoms with Gasteiger partial charge in [0, 0.05) is 24.5 Å². The van der Waals surface area contributed by atoms with Gasteiger partial charge in [0.25, 0.3) is 0 Å². The second-order valence-electron chi connectivity index (χ2n) is 8.95. The highest BCUT2D eigenvalue weighted by Gasteiger charge is 2.48. The van der Waals surface area contributed by atoms with Crippen LogP contribution in [-0.4, -0.2) is 31.5 Å². The molecule has 0 radical (unpaired) electrons. The van der Waals surface area contributed by atoms with Crippen molar-refractivity contribution in [1.82, 2.24) is 19.5 Å². The Hall–Kier alpha value is -3.34. The van der Waals surface area contributed by atoms with E-state index in [0.717, 1.165) is 42.4 Å². The molecular formula is C24H23F4N5OS. The van der Waals surface area contributed by atoms with E-state index in [4.69, 9.17) is 0 Å². The Morgan fingerprint density at radius 1 is 1.14 bits per heavy atom. The van der Waals surface area contributed by atoms with Crippen LogP contribution in [0.5, 0.6) is 0 Å². The number of imidazole rings is 1. The first kappa shape index (κ1) is 24.8. The Labute approximate surface area is 203 Å². The summed E-state index contributed by atoms with van der Waals surface area (Å²) in [4.78, 5) is 26.2. The summed E-state index contributed by atoms with van der Waals surface area (Å²) in [5.41, 5.74) is -0.474. The SMILES string of the molecule is CC(CC(=O)c1cc2c(cn1)ncn2C)c1cnc(Nc2cc(C(C)(C)C(F)(F)F)ccc2F)s1. The van der Waals surface area contributed by atoms with Gasteiger partial charge in [0.2, 0.25) is 0 Å². The van der Waals surface area contributed by atoms with Crippen molar-refractivity contribution in [2.24, 2.45) is 7.05 Å². The average Bonchev–Trinajstić information content (AvgIpc) is 3.41. The monoisotopic (exact) mass is 505 g/mol. The predicted molar refractivity (Wildman–Crippen MR) is 127 cm³/mol. The van der Waals surface area contributed by atoms with Crippen molar-refractivity contribution in [1.29, 1.82) is 0 Å². The van der Waals surface area contributed by atoms with Crippen molar-refractivity contribution in [2.45, 2.75) is 44.7 Å². The van der Waals surface area contributed by atoms with Gasteiger partial charge in [-0.2, -0.15) is 13.2 Å². The third-order valence-electron chi connectivity index (χ3n) is 6.04. The number of pyridine rings is 1. The summed E-state index contributed by atoms with van der Waals surface area (Å²) in [7, 11) is 1.83. The molecule has 0 aliphatic carbocycles. The van der Waals surface area contributed by atoms with E-state index in [0.29, 0.717) is 16.3 Å². The zero-order valence-corrected chi connectivity index (χ0v) is 20.3. The highest BCUT2D eigenvalue weighted by Crippen LogP contribution is 2.42. The number of alkyl halides is 3. The molecule has 35 heavy (non-hydrogen) atoms. The molecule has 4 rings (SSSR count). The fraction of sp³-hybridized carbons (Fsp3) is 0.333. The van der Waals surface area contributed by atoms with Gasteiger partial charge in [-0.15, -0.1) is 11.3 Å². The lowest BCUT2D eigenvalue weighted by Crippen LogP contribution is -2.36. The Kier molecular flexibility index (Phi) is 6.39. The Morgan fingerprint density at radius 2 is 1.89 bits per heavy atom. The molecule has 0 fully saturated rings. The molecule has 11 heteroatoms. The molecule has 6 nitrogen and oxygen atoms in total. The fourth-order valence-electron chi connectivity index (χ4n) is 3.53. The second kappa shape index (κ2) is 9.03. The maximum absolute atomic E-state index is 14.4. The van der Waals surface area contributed by atoms with Crippen molar-refractivity contribution in [3.63, 3.8) is 0 Å². The summed E-state index contributed by atoms with van der Waals surface area (Å²) in [5, 5.41) is 3.09. The first-order chi connectivity index (χ1) is 16.4. The third-order valence-corrected chi connectivity index (χ3v) is 7.18. The van der Waals surface area contributed by atoms with Gasteiger partial charge in [-0.3, -0.25) is 9.78 Å². The summed E-state index contributed by atoms with van der Waals surface area (Å²) in [5.74, 6) is -1.03. The molecule has 0 saturated heterocycles. The minimum Gasteiger partial charge on any atom is -0.334 e. The maximum Gasteiger partial charge on any atom is 0.397 e. The molecule has 0 spiro atoms. The highest BCUT2D eigenvalue weighted by molar-refractivity contribution is 7.15. The number of carbonyl (C=O) groups is 1. The van der Waals surface area contributed by atoms with Gasteiger partial charge in [0.05, 0.1) is 29.1 Å². The molecule has 0 saturated carbocycles. The standard InChI is InChI=1S/C24H23F4N5OS/c1-13(7-20(34)17-9-19-18(10-29-17)31-12-33(19)4)21-11-30-22(35-21)32-16-8-14(5-6-15(16)25)23(2,3)24(26,27)28/h5-6,8-13H,7H2,1-4H3,(H,30,32). The molecule has 184 valence electrons. The van der Waals surface area contributed by atoms with Crippen LogP contribution in [0.2, 0.25) is 0 Å². The lowest BCUT2D eigenvalue weighted by atomic mass is 9.83. The molecule has 1 unspecified atom stereocenters. The van der Waals surface area contributed by atoms with Gasteiger partial charge in [0.15, 0.2) is 10.9 Å². The zero-order chi connectivity index (χ0) is 25.5. The number of hydrogen-bond donors (Lipinski definition) is 1. The van der Waals surface area contributed by atoms with E-state index in [1.54, 1.807) is 24.8 Å². The van der Waals surface area contributed by atoms with Crippen molar-refractivity contribution in [3.05, 3.63) is 64.9 Å². The third kappa shape index (κ3) is 4.90. The van der Waals surface area contributed by atoms with Crippen molar-refractivity contribution in [3.8, 4) is 0 Å². The molecule has 0 amide bonds. The smallest absolute Gasteiger partial charge is 0.334 e. The van der Waals surface area contributed by atoms with Crippen LogP contribution in [0.15, 0.2) is 43.0 Å². The van der Waals surface area contributed by atoms with E-state index >= 15 is 0 Å². The van der Waals surface area contributed by atoms with Crippen LogP contribution in [0.3, 0.4) is 0 Å². The van der Waals surface area contributed by atoms with Crippen molar-refractivity contribution >= 4 is 39.0 Å². The number of aryl methyl sites for hydroxylation is 1. The Bertz CT molecular complexity index is 1390. The van der Waals surface area contributed by atoms with E-state index in [2.05, 4.69) is 20.3 Å². The number of fused-ring (bicyclic) bond motifs is 1. The topological polar surface area (TPSA) is 72.7 Å². The number of nitrogens with one attached hydrogen (secondary N) is 1. The summed E-state index contributed by atoms with van der Waals surface area (Å²) < 4.78 is 56.4. The Balaban J connectivity index is 1.48. The maximum atomic E-state index is 14.4. The van der Waals surface area contributed by atoms with Crippen LogP contribution in [-0.2, 0) is 12.5 Å². The number of Topliss-reactive ketones (excluding diaryl/α,β-unsaturated/α-hetero) is 1. The van der Waals surface area contributed by atoms with E-state index in [1.165, 1.54) is 11.3 Å². The number of thiazole rings is 1. The van der Waals surface area contributed by atoms with E-state index in [-0.39, 0.29) is 29.4 Å². The first-order valence-corrected chi connectivity index (χ1v) is 11.6. The number of hydrogen-bond acceptors (Lipinski definition) is 6. The van der Waals surface area contributed by atoms with Crippen LogP contribution in [0.25, 0.3) is 11.0 Å². The van der Waals surface area contributed by atoms with Crippen LogP contribution in [0.1, 0.15) is 54.0 Å². The molecule has 3 heterocycles.